The van der Waals surface area contributed by atoms with Crippen LogP contribution < -0.4 is 10.1 Å². The van der Waals surface area contributed by atoms with Crippen LogP contribution in [0.3, 0.4) is 0 Å². The lowest BCUT2D eigenvalue weighted by atomic mass is 10.1. The van der Waals surface area contributed by atoms with Crippen molar-refractivity contribution < 1.29 is 4.74 Å². The molecule has 0 bridgehead atoms. The molecule has 2 aromatic rings. The molecular weight excluding hydrogens is 262 g/mol. The van der Waals surface area contributed by atoms with Crippen LogP contribution in [0.2, 0.25) is 0 Å². The number of aryl methyl sites for hydroxylation is 1. The molecule has 0 aliphatic heterocycles. The van der Waals surface area contributed by atoms with Crippen molar-refractivity contribution in [3.63, 3.8) is 0 Å². The lowest BCUT2D eigenvalue weighted by molar-refractivity contribution is 0.363. The fraction of sp³-hybridized carbons (Fsp3) is 0.353. The van der Waals surface area contributed by atoms with Crippen molar-refractivity contribution in [1.29, 1.82) is 0 Å². The van der Waals surface area contributed by atoms with Gasteiger partial charge in [-0.1, -0.05) is 24.8 Å². The van der Waals surface area contributed by atoms with Gasteiger partial charge in [0, 0.05) is 30.9 Å². The standard InChI is InChI=1S/C17H23N3O/c1-5-10-21-16-8-6-15(7-9-16)11-18-13(2)17-12-19-20(4)14(17)3/h5-9,12-13,18H,1,10-11H2,2-4H3. The largest absolute Gasteiger partial charge is 0.490 e. The van der Waals surface area contributed by atoms with E-state index in [0.717, 1.165) is 12.3 Å². The van der Waals surface area contributed by atoms with E-state index >= 15 is 0 Å². The summed E-state index contributed by atoms with van der Waals surface area (Å²) in [5.74, 6) is 0.870. The lowest BCUT2D eigenvalue weighted by Crippen LogP contribution is -2.18. The molecule has 0 saturated carbocycles. The van der Waals surface area contributed by atoms with E-state index in [1.807, 2.05) is 30.1 Å². The van der Waals surface area contributed by atoms with Gasteiger partial charge in [-0.15, -0.1) is 0 Å². The van der Waals surface area contributed by atoms with Crippen LogP contribution in [0.25, 0.3) is 0 Å². The van der Waals surface area contributed by atoms with Gasteiger partial charge in [0.15, 0.2) is 0 Å². The van der Waals surface area contributed by atoms with Gasteiger partial charge in [-0.05, 0) is 31.5 Å². The van der Waals surface area contributed by atoms with Crippen molar-refractivity contribution in [2.24, 2.45) is 7.05 Å². The number of hydrogen-bond donors (Lipinski definition) is 1. The van der Waals surface area contributed by atoms with Gasteiger partial charge < -0.3 is 10.1 Å². The summed E-state index contributed by atoms with van der Waals surface area (Å²) in [5, 5.41) is 7.81. The van der Waals surface area contributed by atoms with E-state index < -0.39 is 0 Å². The highest BCUT2D eigenvalue weighted by molar-refractivity contribution is 5.27. The highest BCUT2D eigenvalue weighted by atomic mass is 16.5. The van der Waals surface area contributed by atoms with Crippen molar-refractivity contribution in [2.75, 3.05) is 6.61 Å². The van der Waals surface area contributed by atoms with Crippen molar-refractivity contribution in [1.82, 2.24) is 15.1 Å². The summed E-state index contributed by atoms with van der Waals surface area (Å²) in [6.45, 7) is 9.24. The van der Waals surface area contributed by atoms with Crippen LogP contribution in [0.15, 0.2) is 43.1 Å². The highest BCUT2D eigenvalue weighted by Crippen LogP contribution is 2.17. The third-order valence-electron chi connectivity index (χ3n) is 3.64. The average Bonchev–Trinajstić information content (AvgIpc) is 2.83. The third kappa shape index (κ3) is 3.95. The fourth-order valence-corrected chi connectivity index (χ4v) is 2.18. The monoisotopic (exact) mass is 285 g/mol. The van der Waals surface area contributed by atoms with Gasteiger partial charge in [0.25, 0.3) is 0 Å². The number of hydrogen-bond acceptors (Lipinski definition) is 3. The summed E-state index contributed by atoms with van der Waals surface area (Å²) < 4.78 is 7.38. The second kappa shape index (κ2) is 7.09. The first-order valence-corrected chi connectivity index (χ1v) is 7.16. The van der Waals surface area contributed by atoms with Crippen LogP contribution in [-0.2, 0) is 13.6 Å². The summed E-state index contributed by atoms with van der Waals surface area (Å²) in [6.07, 6.45) is 3.67. The number of nitrogens with zero attached hydrogens (tertiary/aromatic N) is 2. The van der Waals surface area contributed by atoms with Gasteiger partial charge in [0.2, 0.25) is 0 Å². The quantitative estimate of drug-likeness (QED) is 0.794. The van der Waals surface area contributed by atoms with Gasteiger partial charge in [-0.2, -0.15) is 5.10 Å². The molecule has 4 nitrogen and oxygen atoms in total. The molecule has 112 valence electrons. The summed E-state index contributed by atoms with van der Waals surface area (Å²) >= 11 is 0. The number of nitrogens with one attached hydrogen (secondary N) is 1. The number of ether oxygens (including phenoxy) is 1. The zero-order valence-electron chi connectivity index (χ0n) is 13.0. The zero-order valence-corrected chi connectivity index (χ0v) is 13.0. The SMILES string of the molecule is C=CCOc1ccc(CNC(C)c2cnn(C)c2C)cc1. The topological polar surface area (TPSA) is 39.1 Å². The van der Waals surface area contributed by atoms with Crippen molar-refractivity contribution in [2.45, 2.75) is 26.4 Å². The van der Waals surface area contributed by atoms with E-state index in [4.69, 9.17) is 4.74 Å². The molecule has 0 aliphatic carbocycles. The van der Waals surface area contributed by atoms with E-state index in [9.17, 15) is 0 Å². The first-order chi connectivity index (χ1) is 10.1. The number of benzene rings is 1. The Morgan fingerprint density at radius 3 is 2.67 bits per heavy atom. The maximum absolute atomic E-state index is 5.47. The molecule has 0 spiro atoms. The summed E-state index contributed by atoms with van der Waals surface area (Å²) in [5.41, 5.74) is 3.67. The zero-order chi connectivity index (χ0) is 15.2. The van der Waals surface area contributed by atoms with E-state index in [0.29, 0.717) is 6.61 Å². The van der Waals surface area contributed by atoms with Gasteiger partial charge in [0.1, 0.15) is 12.4 Å². The second-order valence-electron chi connectivity index (χ2n) is 5.16. The molecular formula is C17H23N3O. The van der Waals surface area contributed by atoms with E-state index in [2.05, 4.69) is 43.0 Å². The molecule has 0 saturated heterocycles. The van der Waals surface area contributed by atoms with Gasteiger partial charge >= 0.3 is 0 Å². The third-order valence-corrected chi connectivity index (χ3v) is 3.64. The first-order valence-electron chi connectivity index (χ1n) is 7.16. The fourth-order valence-electron chi connectivity index (χ4n) is 2.18. The summed E-state index contributed by atoms with van der Waals surface area (Å²) in [6, 6.07) is 8.40. The molecule has 0 amide bonds. The Kier molecular flexibility index (Phi) is 5.17. The maximum atomic E-state index is 5.47. The summed E-state index contributed by atoms with van der Waals surface area (Å²) in [4.78, 5) is 0. The van der Waals surface area contributed by atoms with Crippen LogP contribution in [0.4, 0.5) is 0 Å². The predicted molar refractivity (Wildman–Crippen MR) is 85.3 cm³/mol. The molecule has 1 heterocycles. The molecule has 21 heavy (non-hydrogen) atoms. The Labute approximate surface area is 126 Å². The Bertz CT molecular complexity index is 587. The number of rotatable bonds is 7. The minimum Gasteiger partial charge on any atom is -0.490 e. The predicted octanol–water partition coefficient (Wildman–Crippen LogP) is 3.14. The molecule has 4 heteroatoms. The lowest BCUT2D eigenvalue weighted by Gasteiger charge is -2.14. The molecule has 1 N–H and O–H groups in total. The molecule has 0 aliphatic rings. The number of aromatic nitrogens is 2. The van der Waals surface area contributed by atoms with Gasteiger partial charge in [-0.3, -0.25) is 4.68 Å². The average molecular weight is 285 g/mol. The minimum atomic E-state index is 0.274. The van der Waals surface area contributed by atoms with Gasteiger partial charge in [0.05, 0.1) is 6.20 Å². The first kappa shape index (κ1) is 15.3. The highest BCUT2D eigenvalue weighted by Gasteiger charge is 2.11. The molecule has 0 fully saturated rings. The van der Waals surface area contributed by atoms with Crippen molar-refractivity contribution in [3.05, 3.63) is 59.9 Å². The van der Waals surface area contributed by atoms with Crippen molar-refractivity contribution >= 4 is 0 Å². The van der Waals surface area contributed by atoms with E-state index in [1.165, 1.54) is 16.8 Å². The van der Waals surface area contributed by atoms with Gasteiger partial charge in [-0.25, -0.2) is 0 Å². The smallest absolute Gasteiger partial charge is 0.119 e. The molecule has 1 aromatic carbocycles. The Morgan fingerprint density at radius 2 is 2.10 bits per heavy atom. The molecule has 2 rings (SSSR count). The summed E-state index contributed by atoms with van der Waals surface area (Å²) in [7, 11) is 1.97. The Balaban J connectivity index is 1.90. The molecule has 1 atom stereocenters. The van der Waals surface area contributed by atoms with Crippen LogP contribution >= 0.6 is 0 Å². The van der Waals surface area contributed by atoms with Crippen molar-refractivity contribution in [3.8, 4) is 5.75 Å². The van der Waals surface area contributed by atoms with Crippen LogP contribution in [0.1, 0.15) is 29.8 Å². The van der Waals surface area contributed by atoms with Crippen LogP contribution in [-0.4, -0.2) is 16.4 Å². The second-order valence-corrected chi connectivity index (χ2v) is 5.16. The Morgan fingerprint density at radius 1 is 1.38 bits per heavy atom. The minimum absolute atomic E-state index is 0.274. The van der Waals surface area contributed by atoms with E-state index in [1.54, 1.807) is 6.08 Å². The molecule has 1 aromatic heterocycles. The molecule has 0 radical (unpaired) electrons. The van der Waals surface area contributed by atoms with E-state index in [-0.39, 0.29) is 6.04 Å². The van der Waals surface area contributed by atoms with Crippen LogP contribution in [0.5, 0.6) is 5.75 Å². The normalized spacial score (nSPS) is 12.1. The maximum Gasteiger partial charge on any atom is 0.119 e. The molecule has 1 unspecified atom stereocenters. The Hall–Kier alpha value is -2.07. The van der Waals surface area contributed by atoms with Crippen LogP contribution in [0, 0.1) is 6.92 Å².